The highest BCUT2D eigenvalue weighted by Crippen LogP contribution is 2.43. The van der Waals surface area contributed by atoms with E-state index in [0.717, 1.165) is 35.2 Å². The SMILES string of the molecule is Cc1cc(-c2c(-c3ccc(F)cn3)nn3c2OC(C)CC3)c2cn[nH]c2n1. The van der Waals surface area contributed by atoms with Gasteiger partial charge in [0.25, 0.3) is 0 Å². The molecule has 4 aromatic heterocycles. The van der Waals surface area contributed by atoms with Crippen molar-refractivity contribution in [2.45, 2.75) is 32.9 Å². The van der Waals surface area contributed by atoms with Gasteiger partial charge in [-0.2, -0.15) is 10.2 Å². The van der Waals surface area contributed by atoms with E-state index < -0.39 is 0 Å². The minimum absolute atomic E-state index is 0.0877. The van der Waals surface area contributed by atoms with Crippen molar-refractivity contribution >= 4 is 11.0 Å². The van der Waals surface area contributed by atoms with E-state index in [1.54, 1.807) is 12.3 Å². The molecule has 1 atom stereocenters. The van der Waals surface area contributed by atoms with Crippen LogP contribution in [0.5, 0.6) is 5.88 Å². The largest absolute Gasteiger partial charge is 0.474 e. The molecule has 1 unspecified atom stereocenters. The molecule has 1 aliphatic rings. The van der Waals surface area contributed by atoms with Gasteiger partial charge in [-0.3, -0.25) is 10.1 Å². The summed E-state index contributed by atoms with van der Waals surface area (Å²) in [6, 6.07) is 5.02. The van der Waals surface area contributed by atoms with Crippen LogP contribution in [-0.4, -0.2) is 36.0 Å². The van der Waals surface area contributed by atoms with E-state index in [0.29, 0.717) is 22.9 Å². The molecule has 0 saturated carbocycles. The number of pyridine rings is 2. The van der Waals surface area contributed by atoms with Crippen molar-refractivity contribution in [2.24, 2.45) is 0 Å². The highest BCUT2D eigenvalue weighted by atomic mass is 19.1. The highest BCUT2D eigenvalue weighted by Gasteiger charge is 2.29. The zero-order valence-electron chi connectivity index (χ0n) is 14.9. The van der Waals surface area contributed by atoms with Crippen LogP contribution < -0.4 is 4.74 Å². The lowest BCUT2D eigenvalue weighted by Gasteiger charge is -2.22. The Hall–Kier alpha value is -3.29. The maximum absolute atomic E-state index is 13.4. The fourth-order valence-electron chi connectivity index (χ4n) is 3.47. The molecule has 0 amide bonds. The van der Waals surface area contributed by atoms with Crippen LogP contribution >= 0.6 is 0 Å². The maximum atomic E-state index is 13.4. The number of fused-ring (bicyclic) bond motifs is 2. The van der Waals surface area contributed by atoms with Gasteiger partial charge in [-0.05, 0) is 32.0 Å². The average molecular weight is 364 g/mol. The Morgan fingerprint density at radius 1 is 1.30 bits per heavy atom. The molecule has 0 bridgehead atoms. The van der Waals surface area contributed by atoms with Crippen molar-refractivity contribution in [1.82, 2.24) is 29.9 Å². The monoisotopic (exact) mass is 364 g/mol. The molecule has 136 valence electrons. The molecule has 0 aliphatic carbocycles. The van der Waals surface area contributed by atoms with Gasteiger partial charge in [0.2, 0.25) is 5.88 Å². The third kappa shape index (κ3) is 2.56. The van der Waals surface area contributed by atoms with Gasteiger partial charge in [0.15, 0.2) is 5.65 Å². The summed E-state index contributed by atoms with van der Waals surface area (Å²) < 4.78 is 21.4. The van der Waals surface area contributed by atoms with Gasteiger partial charge < -0.3 is 4.74 Å². The molecule has 5 rings (SSSR count). The molecule has 0 saturated heterocycles. The Kier molecular flexibility index (Phi) is 3.46. The van der Waals surface area contributed by atoms with Crippen molar-refractivity contribution in [3.8, 4) is 28.4 Å². The molecule has 0 radical (unpaired) electrons. The number of H-pyrrole nitrogens is 1. The fraction of sp³-hybridized carbons (Fsp3) is 0.263. The predicted molar refractivity (Wildman–Crippen MR) is 97.7 cm³/mol. The second-order valence-corrected chi connectivity index (χ2v) is 6.77. The van der Waals surface area contributed by atoms with Crippen LogP contribution in [0.4, 0.5) is 4.39 Å². The van der Waals surface area contributed by atoms with Crippen LogP contribution in [0.1, 0.15) is 19.0 Å². The standard InChI is InChI=1S/C19H17FN6O/c1-10-7-13(14-9-22-24-18(14)23-10)16-17(15-4-3-12(20)8-21-15)25-26-6-5-11(2)27-19(16)26/h3-4,7-9,11H,5-6H2,1-2H3,(H,22,23,24). The third-order valence-electron chi connectivity index (χ3n) is 4.76. The summed E-state index contributed by atoms with van der Waals surface area (Å²) in [5, 5.41) is 12.7. The van der Waals surface area contributed by atoms with E-state index >= 15 is 0 Å². The maximum Gasteiger partial charge on any atom is 0.220 e. The third-order valence-corrected chi connectivity index (χ3v) is 4.76. The first kappa shape index (κ1) is 15.9. The van der Waals surface area contributed by atoms with Crippen molar-refractivity contribution in [1.29, 1.82) is 0 Å². The van der Waals surface area contributed by atoms with Crippen LogP contribution in [0.2, 0.25) is 0 Å². The molecule has 5 heterocycles. The Bertz CT molecular complexity index is 1150. The lowest BCUT2D eigenvalue weighted by atomic mass is 10.0. The number of ether oxygens (including phenoxy) is 1. The Balaban J connectivity index is 1.83. The number of halogens is 1. The molecular formula is C19H17FN6O. The van der Waals surface area contributed by atoms with Gasteiger partial charge in [-0.25, -0.2) is 14.1 Å². The minimum Gasteiger partial charge on any atom is -0.474 e. The molecule has 8 heteroatoms. The van der Waals surface area contributed by atoms with E-state index in [4.69, 9.17) is 9.84 Å². The Morgan fingerprint density at radius 3 is 3.00 bits per heavy atom. The van der Waals surface area contributed by atoms with Crippen molar-refractivity contribution < 1.29 is 9.13 Å². The second kappa shape index (κ2) is 5.87. The first-order valence-corrected chi connectivity index (χ1v) is 8.80. The molecular weight excluding hydrogens is 347 g/mol. The summed E-state index contributed by atoms with van der Waals surface area (Å²) in [5.74, 6) is 0.314. The predicted octanol–water partition coefficient (Wildman–Crippen LogP) is 3.50. The van der Waals surface area contributed by atoms with E-state index in [1.807, 2.05) is 24.6 Å². The zero-order chi connectivity index (χ0) is 18.5. The summed E-state index contributed by atoms with van der Waals surface area (Å²) in [7, 11) is 0. The number of hydrogen-bond acceptors (Lipinski definition) is 5. The lowest BCUT2D eigenvalue weighted by molar-refractivity contribution is 0.150. The highest BCUT2D eigenvalue weighted by molar-refractivity contribution is 5.98. The van der Waals surface area contributed by atoms with Crippen LogP contribution in [0.15, 0.2) is 30.6 Å². The number of hydrogen-bond donors (Lipinski definition) is 1. The van der Waals surface area contributed by atoms with Crippen LogP contribution in [0.3, 0.4) is 0 Å². The smallest absolute Gasteiger partial charge is 0.220 e. The number of aromatic nitrogens is 6. The van der Waals surface area contributed by atoms with Gasteiger partial charge in [0.1, 0.15) is 11.5 Å². The molecule has 1 N–H and O–H groups in total. The molecule has 27 heavy (non-hydrogen) atoms. The number of aromatic amines is 1. The summed E-state index contributed by atoms with van der Waals surface area (Å²) >= 11 is 0. The summed E-state index contributed by atoms with van der Waals surface area (Å²) in [6.45, 7) is 4.73. The van der Waals surface area contributed by atoms with Crippen LogP contribution in [0, 0.1) is 12.7 Å². The summed E-state index contributed by atoms with van der Waals surface area (Å²) in [6.07, 6.45) is 3.91. The Morgan fingerprint density at radius 2 is 2.19 bits per heavy atom. The molecule has 0 spiro atoms. The fourth-order valence-corrected chi connectivity index (χ4v) is 3.47. The van der Waals surface area contributed by atoms with Gasteiger partial charge >= 0.3 is 0 Å². The zero-order valence-corrected chi connectivity index (χ0v) is 14.9. The van der Waals surface area contributed by atoms with Crippen LogP contribution in [0.25, 0.3) is 33.5 Å². The lowest BCUT2D eigenvalue weighted by Crippen LogP contribution is -2.23. The van der Waals surface area contributed by atoms with Crippen molar-refractivity contribution in [3.63, 3.8) is 0 Å². The number of nitrogens with zero attached hydrogens (tertiary/aromatic N) is 5. The van der Waals surface area contributed by atoms with E-state index in [-0.39, 0.29) is 11.9 Å². The average Bonchev–Trinajstić information content (AvgIpc) is 3.25. The molecule has 0 aromatic carbocycles. The normalized spacial score (nSPS) is 16.3. The quantitative estimate of drug-likeness (QED) is 0.589. The van der Waals surface area contributed by atoms with Crippen molar-refractivity contribution in [2.75, 3.05) is 0 Å². The number of aryl methyl sites for hydroxylation is 2. The summed E-state index contributed by atoms with van der Waals surface area (Å²) in [5.41, 5.74) is 4.55. The number of rotatable bonds is 2. The van der Waals surface area contributed by atoms with Gasteiger partial charge in [0.05, 0.1) is 29.8 Å². The minimum atomic E-state index is -0.383. The molecule has 7 nitrogen and oxygen atoms in total. The number of nitrogens with one attached hydrogen (secondary N) is 1. The van der Waals surface area contributed by atoms with Crippen LogP contribution in [-0.2, 0) is 6.54 Å². The molecule has 4 aromatic rings. The summed E-state index contributed by atoms with van der Waals surface area (Å²) in [4.78, 5) is 8.74. The van der Waals surface area contributed by atoms with E-state index in [1.165, 1.54) is 12.3 Å². The van der Waals surface area contributed by atoms with Gasteiger partial charge in [-0.15, -0.1) is 0 Å². The van der Waals surface area contributed by atoms with Gasteiger partial charge in [0, 0.05) is 29.6 Å². The Labute approximate surface area is 154 Å². The topological polar surface area (TPSA) is 81.5 Å². The van der Waals surface area contributed by atoms with E-state index in [9.17, 15) is 4.39 Å². The first-order valence-electron chi connectivity index (χ1n) is 8.80. The van der Waals surface area contributed by atoms with Crippen molar-refractivity contribution in [3.05, 3.63) is 42.1 Å². The van der Waals surface area contributed by atoms with Gasteiger partial charge in [-0.1, -0.05) is 0 Å². The molecule has 1 aliphatic heterocycles. The van der Waals surface area contributed by atoms with E-state index in [2.05, 4.69) is 20.2 Å². The second-order valence-electron chi connectivity index (χ2n) is 6.77. The molecule has 0 fully saturated rings. The first-order chi connectivity index (χ1) is 13.1.